The van der Waals surface area contributed by atoms with Crippen LogP contribution in [-0.2, 0) is 6.54 Å². The van der Waals surface area contributed by atoms with E-state index < -0.39 is 0 Å². The van der Waals surface area contributed by atoms with Crippen molar-refractivity contribution < 1.29 is 4.48 Å². The van der Waals surface area contributed by atoms with Gasteiger partial charge in [-0.1, -0.05) is 88.6 Å². The molecule has 0 atom stereocenters. The van der Waals surface area contributed by atoms with Crippen LogP contribution < -0.4 is 0 Å². The number of quaternary nitrogens is 1. The molecule has 3 rings (SSSR count). The average molecular weight is 377 g/mol. The van der Waals surface area contributed by atoms with Crippen molar-refractivity contribution in [3.8, 4) is 0 Å². The predicted molar refractivity (Wildman–Crippen MR) is 125 cm³/mol. The smallest absolute Gasteiger partial charge is 0.106 e. The Labute approximate surface area is 172 Å². The van der Waals surface area contributed by atoms with Gasteiger partial charge in [-0.25, -0.2) is 0 Å². The van der Waals surface area contributed by atoms with Crippen molar-refractivity contribution in [2.24, 2.45) is 0 Å². The van der Waals surface area contributed by atoms with E-state index >= 15 is 0 Å². The number of benzene rings is 3. The molecule has 0 amide bonds. The molecule has 0 unspecified atom stereocenters. The van der Waals surface area contributed by atoms with Crippen molar-refractivity contribution in [1.82, 2.24) is 0 Å². The second-order valence-electron chi connectivity index (χ2n) is 8.53. The lowest BCUT2D eigenvalue weighted by atomic mass is 9.95. The molecule has 0 aromatic heterocycles. The van der Waals surface area contributed by atoms with Crippen LogP contribution in [-0.4, -0.2) is 24.1 Å². The highest BCUT2D eigenvalue weighted by Gasteiger charge is 2.28. The summed E-state index contributed by atoms with van der Waals surface area (Å²) in [5, 5.41) is 5.67. The fraction of sp³-hybridized carbons (Fsp3) is 0.481. The molecule has 1 heteroatoms. The van der Waals surface area contributed by atoms with E-state index in [2.05, 4.69) is 75.4 Å². The first-order valence-corrected chi connectivity index (χ1v) is 11.5. The van der Waals surface area contributed by atoms with Crippen LogP contribution >= 0.6 is 0 Å². The van der Waals surface area contributed by atoms with E-state index in [-0.39, 0.29) is 0 Å². The number of nitrogens with zero attached hydrogens (tertiary/aromatic N) is 1. The maximum atomic E-state index is 2.37. The Balaban J connectivity index is 2.12. The monoisotopic (exact) mass is 376 g/mol. The third kappa shape index (κ3) is 4.75. The van der Waals surface area contributed by atoms with Crippen LogP contribution in [0.4, 0.5) is 0 Å². The molecule has 0 N–H and O–H groups in total. The summed E-state index contributed by atoms with van der Waals surface area (Å²) in [6, 6.07) is 20.4. The minimum Gasteiger partial charge on any atom is -0.320 e. The van der Waals surface area contributed by atoms with Gasteiger partial charge in [0.05, 0.1) is 19.6 Å². The van der Waals surface area contributed by atoms with Gasteiger partial charge in [0.15, 0.2) is 0 Å². The first-order valence-electron chi connectivity index (χ1n) is 11.5. The fourth-order valence-corrected chi connectivity index (χ4v) is 4.67. The molecule has 0 saturated carbocycles. The molecule has 3 aromatic rings. The Kier molecular flexibility index (Phi) is 7.50. The zero-order chi connectivity index (χ0) is 19.8. The minimum atomic E-state index is 1.17. The van der Waals surface area contributed by atoms with Gasteiger partial charge in [0.1, 0.15) is 6.54 Å². The second kappa shape index (κ2) is 10.1. The third-order valence-corrected chi connectivity index (χ3v) is 6.33. The standard InChI is InChI=1S/C27H38N/c1-4-7-18-28(19-8-5-2,20-9-6-3)22-27-25-16-12-10-14-23(25)21-24-15-11-13-17-26(24)27/h10-17,21H,4-9,18-20,22H2,1-3H3/q+1. The Morgan fingerprint density at radius 3 is 1.46 bits per heavy atom. The highest BCUT2D eigenvalue weighted by atomic mass is 15.3. The molecule has 28 heavy (non-hydrogen) atoms. The number of hydrogen-bond donors (Lipinski definition) is 0. The molecule has 0 spiro atoms. The van der Waals surface area contributed by atoms with Gasteiger partial charge in [-0.05, 0) is 46.9 Å². The Hall–Kier alpha value is -1.86. The molecule has 0 aliphatic carbocycles. The SMILES string of the molecule is CCCC[N+](CCCC)(CCCC)Cc1c2ccccc2cc2ccccc12. The van der Waals surface area contributed by atoms with E-state index in [9.17, 15) is 0 Å². The van der Waals surface area contributed by atoms with E-state index in [4.69, 9.17) is 0 Å². The molecule has 0 aliphatic rings. The first-order chi connectivity index (χ1) is 13.7. The average Bonchev–Trinajstić information content (AvgIpc) is 2.74. The van der Waals surface area contributed by atoms with Gasteiger partial charge in [-0.2, -0.15) is 0 Å². The maximum Gasteiger partial charge on any atom is 0.106 e. The summed E-state index contributed by atoms with van der Waals surface area (Å²) in [6.45, 7) is 12.1. The van der Waals surface area contributed by atoms with Crippen LogP contribution in [0.5, 0.6) is 0 Å². The summed E-state index contributed by atoms with van der Waals surface area (Å²) < 4.78 is 1.26. The zero-order valence-corrected chi connectivity index (χ0v) is 18.2. The summed E-state index contributed by atoms with van der Waals surface area (Å²) in [7, 11) is 0. The second-order valence-corrected chi connectivity index (χ2v) is 8.53. The molecule has 1 nitrogen and oxygen atoms in total. The van der Waals surface area contributed by atoms with Crippen LogP contribution in [0, 0.1) is 0 Å². The van der Waals surface area contributed by atoms with Gasteiger partial charge >= 0.3 is 0 Å². The lowest BCUT2D eigenvalue weighted by molar-refractivity contribution is -0.941. The van der Waals surface area contributed by atoms with Crippen LogP contribution in [0.15, 0.2) is 54.6 Å². The van der Waals surface area contributed by atoms with Crippen LogP contribution in [0.2, 0.25) is 0 Å². The van der Waals surface area contributed by atoms with Gasteiger partial charge < -0.3 is 4.48 Å². The fourth-order valence-electron chi connectivity index (χ4n) is 4.67. The number of unbranched alkanes of at least 4 members (excludes halogenated alkanes) is 3. The summed E-state index contributed by atoms with van der Waals surface area (Å²) in [5.74, 6) is 0. The molecule has 0 radical (unpaired) electrons. The van der Waals surface area contributed by atoms with Crippen molar-refractivity contribution in [2.75, 3.05) is 19.6 Å². The maximum absolute atomic E-state index is 2.37. The third-order valence-electron chi connectivity index (χ3n) is 6.33. The lowest BCUT2D eigenvalue weighted by Crippen LogP contribution is -2.49. The largest absolute Gasteiger partial charge is 0.320 e. The highest BCUT2D eigenvalue weighted by Crippen LogP contribution is 2.32. The molecule has 3 aromatic carbocycles. The van der Waals surface area contributed by atoms with E-state index in [1.165, 1.54) is 90.7 Å². The van der Waals surface area contributed by atoms with Crippen LogP contribution in [0.3, 0.4) is 0 Å². The van der Waals surface area contributed by atoms with Crippen LogP contribution in [0.25, 0.3) is 21.5 Å². The van der Waals surface area contributed by atoms with Gasteiger partial charge in [0.25, 0.3) is 0 Å². The van der Waals surface area contributed by atoms with E-state index in [0.717, 1.165) is 0 Å². The molecule has 150 valence electrons. The Morgan fingerprint density at radius 1 is 0.607 bits per heavy atom. The summed E-state index contributed by atoms with van der Waals surface area (Å²) >= 11 is 0. The Bertz CT molecular complexity index is 804. The zero-order valence-electron chi connectivity index (χ0n) is 18.2. The van der Waals surface area contributed by atoms with Crippen molar-refractivity contribution in [2.45, 2.75) is 65.8 Å². The first kappa shape index (κ1) is 20.9. The Morgan fingerprint density at radius 2 is 1.04 bits per heavy atom. The van der Waals surface area contributed by atoms with Crippen molar-refractivity contribution >= 4 is 21.5 Å². The lowest BCUT2D eigenvalue weighted by Gasteiger charge is -2.40. The molecule has 0 aliphatic heterocycles. The van der Waals surface area contributed by atoms with Crippen LogP contribution in [0.1, 0.15) is 64.9 Å². The molecule has 0 fully saturated rings. The van der Waals surface area contributed by atoms with Gasteiger partial charge in [-0.3, -0.25) is 0 Å². The molecular formula is C27H38N+. The summed E-state index contributed by atoms with van der Waals surface area (Å²) in [4.78, 5) is 0. The van der Waals surface area contributed by atoms with Crippen molar-refractivity contribution in [3.63, 3.8) is 0 Å². The van der Waals surface area contributed by atoms with E-state index in [1.807, 2.05) is 0 Å². The summed E-state index contributed by atoms with van der Waals surface area (Å²) in [6.07, 6.45) is 7.85. The van der Waals surface area contributed by atoms with Crippen molar-refractivity contribution in [1.29, 1.82) is 0 Å². The van der Waals surface area contributed by atoms with E-state index in [1.54, 1.807) is 5.56 Å². The number of rotatable bonds is 11. The minimum absolute atomic E-state index is 1.17. The highest BCUT2D eigenvalue weighted by molar-refractivity contribution is 6.02. The molecular weight excluding hydrogens is 338 g/mol. The number of hydrogen-bond acceptors (Lipinski definition) is 0. The normalized spacial score (nSPS) is 12.1. The van der Waals surface area contributed by atoms with E-state index in [0.29, 0.717) is 0 Å². The van der Waals surface area contributed by atoms with Gasteiger partial charge in [-0.15, -0.1) is 0 Å². The molecule has 0 bridgehead atoms. The molecule has 0 heterocycles. The summed E-state index contributed by atoms with van der Waals surface area (Å²) in [5.41, 5.74) is 1.57. The van der Waals surface area contributed by atoms with Gasteiger partial charge in [0.2, 0.25) is 0 Å². The quantitative estimate of drug-likeness (QED) is 0.237. The topological polar surface area (TPSA) is 0 Å². The predicted octanol–water partition coefficient (Wildman–Crippen LogP) is 7.71. The van der Waals surface area contributed by atoms with Gasteiger partial charge in [0, 0.05) is 5.56 Å². The number of fused-ring (bicyclic) bond motifs is 2. The molecule has 0 saturated heterocycles. The van der Waals surface area contributed by atoms with Crippen molar-refractivity contribution in [3.05, 3.63) is 60.2 Å².